The maximum atomic E-state index is 13.3. The molecule has 0 saturated heterocycles. The first-order chi connectivity index (χ1) is 14.5. The number of nitrogens with two attached hydrogens (primary N) is 1. The lowest BCUT2D eigenvalue weighted by atomic mass is 9.88. The quantitative estimate of drug-likeness (QED) is 0.780. The first-order valence-corrected chi connectivity index (χ1v) is 10.7. The van der Waals surface area contributed by atoms with Gasteiger partial charge in [-0.2, -0.15) is 0 Å². The minimum atomic E-state index is -0.0997. The number of benzene rings is 2. The van der Waals surface area contributed by atoms with E-state index in [1.54, 1.807) is 12.0 Å². The van der Waals surface area contributed by atoms with Crippen LogP contribution < -0.4 is 20.7 Å². The zero-order chi connectivity index (χ0) is 21.3. The minimum absolute atomic E-state index is 0.0219. The number of rotatable bonds is 5. The highest BCUT2D eigenvalue weighted by Gasteiger charge is 2.34. The van der Waals surface area contributed by atoms with Gasteiger partial charge in [0.15, 0.2) is 0 Å². The van der Waals surface area contributed by atoms with E-state index in [0.29, 0.717) is 35.8 Å². The van der Waals surface area contributed by atoms with Crippen molar-refractivity contribution in [3.63, 3.8) is 0 Å². The molecule has 1 aliphatic carbocycles. The molecule has 6 nitrogen and oxygen atoms in total. The summed E-state index contributed by atoms with van der Waals surface area (Å²) in [6, 6.07) is 9.43. The van der Waals surface area contributed by atoms with Gasteiger partial charge in [-0.05, 0) is 48.6 Å². The monoisotopic (exact) mass is 407 g/mol. The zero-order valence-electron chi connectivity index (χ0n) is 17.7. The van der Waals surface area contributed by atoms with E-state index >= 15 is 0 Å². The molecule has 6 heteroatoms. The van der Waals surface area contributed by atoms with Crippen molar-refractivity contribution >= 4 is 23.2 Å². The lowest BCUT2D eigenvalue weighted by Crippen LogP contribution is -2.28. The Morgan fingerprint density at radius 1 is 1.20 bits per heavy atom. The molecule has 0 unspecified atom stereocenters. The Bertz CT molecular complexity index is 980. The van der Waals surface area contributed by atoms with Gasteiger partial charge < -0.3 is 15.8 Å². The molecule has 0 aromatic heterocycles. The molecule has 2 aromatic carbocycles. The molecule has 1 aliphatic heterocycles. The Morgan fingerprint density at radius 3 is 2.67 bits per heavy atom. The van der Waals surface area contributed by atoms with Crippen LogP contribution in [-0.2, 0) is 17.9 Å². The molecule has 3 N–H and O–H groups in total. The number of hydrogen-bond donors (Lipinski definition) is 2. The van der Waals surface area contributed by atoms with Crippen LogP contribution in [0, 0.1) is 12.8 Å². The van der Waals surface area contributed by atoms with Crippen molar-refractivity contribution in [2.75, 3.05) is 17.3 Å². The molecule has 4 rings (SSSR count). The third-order valence-electron chi connectivity index (χ3n) is 6.32. The van der Waals surface area contributed by atoms with Gasteiger partial charge in [-0.3, -0.25) is 14.5 Å². The van der Waals surface area contributed by atoms with E-state index in [1.165, 1.54) is 6.42 Å². The summed E-state index contributed by atoms with van der Waals surface area (Å²) in [6.45, 7) is 2.72. The summed E-state index contributed by atoms with van der Waals surface area (Å²) in [4.78, 5) is 27.9. The van der Waals surface area contributed by atoms with Gasteiger partial charge in [0.1, 0.15) is 11.4 Å². The molecule has 1 saturated carbocycles. The standard InChI is InChI=1S/C24H29N3O3/c1-15-11-12-20(26-23(28)16-7-4-3-5-8-16)21(22(15)30-2)27-14-19-17(13-25)9-6-10-18(19)24(27)29/h6,9-12,16H,3-5,7-8,13-14,25H2,1-2H3,(H,26,28). The highest BCUT2D eigenvalue weighted by Crippen LogP contribution is 2.43. The third kappa shape index (κ3) is 3.56. The summed E-state index contributed by atoms with van der Waals surface area (Å²) in [6.07, 6.45) is 5.20. The van der Waals surface area contributed by atoms with Crippen LogP contribution in [0.25, 0.3) is 0 Å². The Kier molecular flexibility index (Phi) is 5.77. The van der Waals surface area contributed by atoms with Crippen LogP contribution in [0.3, 0.4) is 0 Å². The number of methoxy groups -OCH3 is 1. The number of nitrogens with zero attached hydrogens (tertiary/aromatic N) is 1. The van der Waals surface area contributed by atoms with E-state index in [1.807, 2.05) is 37.3 Å². The lowest BCUT2D eigenvalue weighted by molar-refractivity contribution is -0.120. The summed E-state index contributed by atoms with van der Waals surface area (Å²) in [5.74, 6) is 0.548. The number of hydrogen-bond acceptors (Lipinski definition) is 4. The molecule has 2 aromatic rings. The molecule has 1 fully saturated rings. The molecular formula is C24H29N3O3. The fourth-order valence-corrected chi connectivity index (χ4v) is 4.67. The number of carbonyl (C=O) groups is 2. The Morgan fingerprint density at radius 2 is 1.97 bits per heavy atom. The number of carbonyl (C=O) groups excluding carboxylic acids is 2. The molecule has 1 heterocycles. The Labute approximate surface area is 177 Å². The predicted molar refractivity (Wildman–Crippen MR) is 118 cm³/mol. The van der Waals surface area contributed by atoms with Crippen molar-refractivity contribution in [3.05, 3.63) is 52.6 Å². The van der Waals surface area contributed by atoms with Crippen LogP contribution in [0.1, 0.15) is 59.2 Å². The Balaban J connectivity index is 1.73. The van der Waals surface area contributed by atoms with Gasteiger partial charge in [-0.15, -0.1) is 0 Å². The van der Waals surface area contributed by atoms with Crippen molar-refractivity contribution in [3.8, 4) is 5.75 Å². The minimum Gasteiger partial charge on any atom is -0.494 e. The number of amides is 2. The van der Waals surface area contributed by atoms with Gasteiger partial charge in [-0.1, -0.05) is 37.5 Å². The smallest absolute Gasteiger partial charge is 0.259 e. The second-order valence-corrected chi connectivity index (χ2v) is 8.17. The van der Waals surface area contributed by atoms with Crippen molar-refractivity contribution < 1.29 is 14.3 Å². The van der Waals surface area contributed by atoms with Crippen LogP contribution >= 0.6 is 0 Å². The van der Waals surface area contributed by atoms with Crippen molar-refractivity contribution in [2.24, 2.45) is 11.7 Å². The maximum Gasteiger partial charge on any atom is 0.259 e. The average molecular weight is 408 g/mol. The van der Waals surface area contributed by atoms with Gasteiger partial charge in [-0.25, -0.2) is 0 Å². The molecule has 30 heavy (non-hydrogen) atoms. The molecule has 2 aliphatic rings. The largest absolute Gasteiger partial charge is 0.494 e. The molecule has 2 amide bonds. The number of anilines is 2. The van der Waals surface area contributed by atoms with Crippen molar-refractivity contribution in [2.45, 2.75) is 52.1 Å². The van der Waals surface area contributed by atoms with Gasteiger partial charge in [0.05, 0.1) is 19.3 Å². The van der Waals surface area contributed by atoms with Gasteiger partial charge in [0.2, 0.25) is 5.91 Å². The molecule has 158 valence electrons. The number of fused-ring (bicyclic) bond motifs is 1. The van der Waals surface area contributed by atoms with E-state index in [0.717, 1.165) is 42.4 Å². The Hall–Kier alpha value is -2.86. The molecule has 0 bridgehead atoms. The normalized spacial score (nSPS) is 16.5. The average Bonchev–Trinajstić information content (AvgIpc) is 3.11. The predicted octanol–water partition coefficient (Wildman–Crippen LogP) is 4.14. The van der Waals surface area contributed by atoms with Gasteiger partial charge >= 0.3 is 0 Å². The van der Waals surface area contributed by atoms with Crippen LogP contribution in [0.4, 0.5) is 11.4 Å². The lowest BCUT2D eigenvalue weighted by Gasteiger charge is -2.26. The second kappa shape index (κ2) is 8.48. The third-order valence-corrected chi connectivity index (χ3v) is 6.32. The van der Waals surface area contributed by atoms with Crippen LogP contribution in [0.5, 0.6) is 5.75 Å². The maximum absolute atomic E-state index is 13.3. The van der Waals surface area contributed by atoms with Crippen molar-refractivity contribution in [1.82, 2.24) is 0 Å². The summed E-state index contributed by atoms with van der Waals surface area (Å²) in [5, 5.41) is 3.10. The molecule has 0 atom stereocenters. The first kappa shape index (κ1) is 20.4. The first-order valence-electron chi connectivity index (χ1n) is 10.7. The van der Waals surface area contributed by atoms with Crippen LogP contribution in [0.2, 0.25) is 0 Å². The summed E-state index contributed by atoms with van der Waals surface area (Å²) >= 11 is 0. The van der Waals surface area contributed by atoms with E-state index < -0.39 is 0 Å². The van der Waals surface area contributed by atoms with Gasteiger partial charge in [0, 0.05) is 18.0 Å². The zero-order valence-corrected chi connectivity index (χ0v) is 17.7. The molecular weight excluding hydrogens is 378 g/mol. The molecule has 0 radical (unpaired) electrons. The number of aryl methyl sites for hydroxylation is 1. The van der Waals surface area contributed by atoms with Crippen LogP contribution in [0.15, 0.2) is 30.3 Å². The molecule has 0 spiro atoms. The van der Waals surface area contributed by atoms with E-state index in [2.05, 4.69) is 5.32 Å². The highest BCUT2D eigenvalue weighted by atomic mass is 16.5. The van der Waals surface area contributed by atoms with Crippen LogP contribution in [-0.4, -0.2) is 18.9 Å². The summed E-state index contributed by atoms with van der Waals surface area (Å²) < 4.78 is 5.69. The topological polar surface area (TPSA) is 84.7 Å². The summed E-state index contributed by atoms with van der Waals surface area (Å²) in [7, 11) is 1.59. The highest BCUT2D eigenvalue weighted by molar-refractivity contribution is 6.13. The fraction of sp³-hybridized carbons (Fsp3) is 0.417. The van der Waals surface area contributed by atoms with E-state index in [-0.39, 0.29) is 17.7 Å². The number of nitrogens with one attached hydrogen (secondary N) is 1. The number of ether oxygens (including phenoxy) is 1. The van der Waals surface area contributed by atoms with Crippen molar-refractivity contribution in [1.29, 1.82) is 0 Å². The van der Waals surface area contributed by atoms with E-state index in [9.17, 15) is 9.59 Å². The fourth-order valence-electron chi connectivity index (χ4n) is 4.67. The SMILES string of the molecule is COc1c(C)ccc(NC(=O)C2CCCCC2)c1N1Cc2c(CN)cccc2C1=O. The van der Waals surface area contributed by atoms with E-state index in [4.69, 9.17) is 10.5 Å². The van der Waals surface area contributed by atoms with Gasteiger partial charge in [0.25, 0.3) is 5.91 Å². The second-order valence-electron chi connectivity index (χ2n) is 8.17. The summed E-state index contributed by atoms with van der Waals surface area (Å²) in [5.41, 5.74) is 10.6.